The quantitative estimate of drug-likeness (QED) is 0.491. The molecule has 3 aromatic rings. The van der Waals surface area contributed by atoms with Gasteiger partial charge in [0.25, 0.3) is 10.0 Å². The maximum atomic E-state index is 13.2. The van der Waals surface area contributed by atoms with Crippen LogP contribution in [0, 0.1) is 0 Å². The Morgan fingerprint density at radius 3 is 2.13 bits per heavy atom. The summed E-state index contributed by atoms with van der Waals surface area (Å²) in [7, 11) is -2.70. The molecule has 0 aliphatic carbocycles. The molecule has 3 rings (SSSR count). The number of hydrogen-bond acceptors (Lipinski definition) is 5. The second kappa shape index (κ2) is 9.76. The van der Waals surface area contributed by atoms with Gasteiger partial charge < -0.3 is 10.1 Å². The van der Waals surface area contributed by atoms with E-state index in [1.165, 1.54) is 31.4 Å². The number of hydrogen-bond donors (Lipinski definition) is 1. The van der Waals surface area contributed by atoms with Gasteiger partial charge in [0.15, 0.2) is 0 Å². The summed E-state index contributed by atoms with van der Waals surface area (Å²) in [5.41, 5.74) is 1.11. The number of anilines is 2. The van der Waals surface area contributed by atoms with Gasteiger partial charge in [-0.1, -0.05) is 34.1 Å². The molecule has 0 heterocycles. The highest BCUT2D eigenvalue weighted by Crippen LogP contribution is 2.25. The molecule has 0 saturated carbocycles. The van der Waals surface area contributed by atoms with Crippen LogP contribution in [0.25, 0.3) is 0 Å². The third-order valence-corrected chi connectivity index (χ3v) is 6.64. The van der Waals surface area contributed by atoms with E-state index in [0.717, 1.165) is 8.78 Å². The van der Waals surface area contributed by atoms with E-state index in [2.05, 4.69) is 26.0 Å². The number of nitrogens with zero attached hydrogens (tertiary/aromatic N) is 1. The number of methoxy groups -OCH3 is 1. The summed E-state index contributed by atoms with van der Waals surface area (Å²) in [6.45, 7) is -0.433. The van der Waals surface area contributed by atoms with Crippen LogP contribution in [0.15, 0.2) is 88.2 Å². The van der Waals surface area contributed by atoms with Gasteiger partial charge in [0.2, 0.25) is 5.91 Å². The van der Waals surface area contributed by atoms with Crippen LogP contribution in [-0.2, 0) is 19.6 Å². The molecule has 0 fully saturated rings. The Labute approximate surface area is 188 Å². The second-order valence-electron chi connectivity index (χ2n) is 6.42. The summed E-state index contributed by atoms with van der Waals surface area (Å²) in [5, 5.41) is 2.65. The van der Waals surface area contributed by atoms with Gasteiger partial charge in [-0.25, -0.2) is 13.2 Å². The molecule has 160 valence electrons. The van der Waals surface area contributed by atoms with Crippen molar-refractivity contribution in [2.45, 2.75) is 4.90 Å². The fourth-order valence-electron chi connectivity index (χ4n) is 2.78. The number of amides is 1. The number of esters is 1. The minimum Gasteiger partial charge on any atom is -0.465 e. The summed E-state index contributed by atoms with van der Waals surface area (Å²) in [5.74, 6) is -1.03. The molecular formula is C22H19BrN2O5S. The number of benzene rings is 3. The first kappa shape index (κ1) is 22.5. The van der Waals surface area contributed by atoms with Crippen molar-refractivity contribution < 1.29 is 22.7 Å². The number of ether oxygens (including phenoxy) is 1. The van der Waals surface area contributed by atoms with Crippen molar-refractivity contribution in [3.63, 3.8) is 0 Å². The van der Waals surface area contributed by atoms with Gasteiger partial charge in [-0.15, -0.1) is 0 Å². The molecule has 0 aliphatic rings. The van der Waals surface area contributed by atoms with Crippen molar-refractivity contribution in [2.75, 3.05) is 23.3 Å². The van der Waals surface area contributed by atoms with Crippen LogP contribution in [0.2, 0.25) is 0 Å². The first-order valence-electron chi connectivity index (χ1n) is 9.13. The number of carbonyl (C=O) groups excluding carboxylic acids is 2. The molecule has 0 atom stereocenters. The molecule has 3 aromatic carbocycles. The van der Waals surface area contributed by atoms with Crippen molar-refractivity contribution in [1.29, 1.82) is 0 Å². The molecule has 1 N–H and O–H groups in total. The molecule has 0 unspecified atom stereocenters. The molecule has 0 bridgehead atoms. The van der Waals surface area contributed by atoms with Crippen molar-refractivity contribution >= 4 is 49.2 Å². The molecular weight excluding hydrogens is 484 g/mol. The Morgan fingerprint density at radius 2 is 1.55 bits per heavy atom. The van der Waals surface area contributed by atoms with Gasteiger partial charge in [-0.3, -0.25) is 9.10 Å². The highest BCUT2D eigenvalue weighted by molar-refractivity contribution is 9.10. The lowest BCUT2D eigenvalue weighted by Crippen LogP contribution is -2.38. The van der Waals surface area contributed by atoms with Crippen LogP contribution in [0.5, 0.6) is 0 Å². The zero-order chi connectivity index (χ0) is 22.4. The topological polar surface area (TPSA) is 92.8 Å². The maximum absolute atomic E-state index is 13.2. The van der Waals surface area contributed by atoms with Crippen molar-refractivity contribution in [2.24, 2.45) is 0 Å². The average molecular weight is 503 g/mol. The first-order chi connectivity index (χ1) is 14.8. The molecule has 0 spiro atoms. The summed E-state index contributed by atoms with van der Waals surface area (Å²) >= 11 is 3.33. The van der Waals surface area contributed by atoms with Gasteiger partial charge in [-0.05, 0) is 60.7 Å². The first-order valence-corrected chi connectivity index (χ1v) is 11.4. The van der Waals surface area contributed by atoms with Gasteiger partial charge in [0.05, 0.1) is 23.3 Å². The summed E-state index contributed by atoms with van der Waals surface area (Å²) in [4.78, 5) is 24.3. The fraction of sp³-hybridized carbons (Fsp3) is 0.0909. The van der Waals surface area contributed by atoms with Crippen LogP contribution in [0.1, 0.15) is 10.4 Å². The third-order valence-electron chi connectivity index (χ3n) is 4.32. The van der Waals surface area contributed by atoms with E-state index < -0.39 is 28.4 Å². The number of nitrogens with one attached hydrogen (secondary N) is 1. The predicted molar refractivity (Wildman–Crippen MR) is 122 cm³/mol. The van der Waals surface area contributed by atoms with Crippen molar-refractivity contribution in [3.8, 4) is 0 Å². The molecule has 0 aromatic heterocycles. The third kappa shape index (κ3) is 5.50. The van der Waals surface area contributed by atoms with E-state index in [0.29, 0.717) is 16.9 Å². The highest BCUT2D eigenvalue weighted by atomic mass is 79.9. The molecule has 0 radical (unpaired) electrons. The number of carbonyl (C=O) groups is 2. The van der Waals surface area contributed by atoms with Crippen molar-refractivity contribution in [3.05, 3.63) is 88.9 Å². The van der Waals surface area contributed by atoms with Crippen LogP contribution >= 0.6 is 15.9 Å². The number of rotatable bonds is 7. The zero-order valence-electron chi connectivity index (χ0n) is 16.5. The largest absolute Gasteiger partial charge is 0.465 e. The average Bonchev–Trinajstić information content (AvgIpc) is 2.78. The molecule has 9 heteroatoms. The van der Waals surface area contributed by atoms with E-state index in [1.807, 2.05) is 0 Å². The van der Waals surface area contributed by atoms with Crippen LogP contribution in [0.3, 0.4) is 0 Å². The van der Waals surface area contributed by atoms with Gasteiger partial charge in [-0.2, -0.15) is 0 Å². The molecule has 1 amide bonds. The second-order valence-corrected chi connectivity index (χ2v) is 9.20. The van der Waals surface area contributed by atoms with E-state index in [-0.39, 0.29) is 4.90 Å². The lowest BCUT2D eigenvalue weighted by atomic mass is 10.2. The molecule has 7 nitrogen and oxygen atoms in total. The summed E-state index contributed by atoms with van der Waals surface area (Å²) in [6.07, 6.45) is 0. The lowest BCUT2D eigenvalue weighted by Gasteiger charge is -2.24. The number of sulfonamides is 1. The van der Waals surface area contributed by atoms with Crippen molar-refractivity contribution in [1.82, 2.24) is 0 Å². The Bertz CT molecular complexity index is 1160. The maximum Gasteiger partial charge on any atom is 0.337 e. The lowest BCUT2D eigenvalue weighted by molar-refractivity contribution is -0.114. The normalized spacial score (nSPS) is 10.9. The van der Waals surface area contributed by atoms with Crippen LogP contribution in [0.4, 0.5) is 11.4 Å². The molecule has 0 aliphatic heterocycles. The molecule has 0 saturated heterocycles. The minimum absolute atomic E-state index is 0.0770. The van der Waals surface area contributed by atoms with E-state index >= 15 is 0 Å². The Balaban J connectivity index is 1.85. The zero-order valence-corrected chi connectivity index (χ0v) is 18.9. The van der Waals surface area contributed by atoms with E-state index in [1.54, 1.807) is 54.6 Å². The van der Waals surface area contributed by atoms with Crippen LogP contribution < -0.4 is 9.62 Å². The monoisotopic (exact) mass is 502 g/mol. The minimum atomic E-state index is -3.98. The summed E-state index contributed by atoms with van der Waals surface area (Å²) < 4.78 is 33.0. The summed E-state index contributed by atoms with van der Waals surface area (Å²) in [6, 6.07) is 20.6. The Kier molecular flexibility index (Phi) is 7.09. The Hall–Kier alpha value is -3.17. The van der Waals surface area contributed by atoms with Crippen LogP contribution in [-0.4, -0.2) is 33.9 Å². The highest BCUT2D eigenvalue weighted by Gasteiger charge is 2.27. The number of halogens is 1. The van der Waals surface area contributed by atoms with Gasteiger partial charge >= 0.3 is 5.97 Å². The SMILES string of the molecule is COC(=O)c1ccc(NC(=O)CN(c2ccc(Br)cc2)S(=O)(=O)c2ccccc2)cc1. The fourth-order valence-corrected chi connectivity index (χ4v) is 4.49. The van der Waals surface area contributed by atoms with Gasteiger partial charge in [0.1, 0.15) is 6.54 Å². The van der Waals surface area contributed by atoms with E-state index in [4.69, 9.17) is 0 Å². The van der Waals surface area contributed by atoms with E-state index in [9.17, 15) is 18.0 Å². The standard InChI is InChI=1S/C22H19BrN2O5S/c1-30-22(27)16-7-11-18(12-8-16)24-21(26)15-25(19-13-9-17(23)10-14-19)31(28,29)20-5-3-2-4-6-20/h2-14H,15H2,1H3,(H,24,26). The Morgan fingerprint density at radius 1 is 0.935 bits per heavy atom. The van der Waals surface area contributed by atoms with Gasteiger partial charge in [0, 0.05) is 10.2 Å². The molecule has 31 heavy (non-hydrogen) atoms. The smallest absolute Gasteiger partial charge is 0.337 e. The predicted octanol–water partition coefficient (Wildman–Crippen LogP) is 4.07.